The van der Waals surface area contributed by atoms with E-state index in [-0.39, 0.29) is 0 Å². The molecule has 0 spiro atoms. The Morgan fingerprint density at radius 3 is 2.16 bits per heavy atom. The highest BCUT2D eigenvalue weighted by Crippen LogP contribution is 2.33. The van der Waals surface area contributed by atoms with E-state index >= 15 is 0 Å². The molecule has 5 heteroatoms. The van der Waals surface area contributed by atoms with Crippen molar-refractivity contribution in [2.45, 2.75) is 0 Å². The zero-order chi connectivity index (χ0) is 17.6. The summed E-state index contributed by atoms with van der Waals surface area (Å²) in [7, 11) is 0. The molecule has 0 atom stereocenters. The van der Waals surface area contributed by atoms with Gasteiger partial charge in [0.25, 0.3) is 0 Å². The maximum Gasteiger partial charge on any atom is 0.0865 e. The minimum Gasteiger partial charge on any atom is -0.397 e. The Labute approximate surface area is 160 Å². The van der Waals surface area contributed by atoms with Crippen LogP contribution in [-0.4, -0.2) is 10.4 Å². The van der Waals surface area contributed by atoms with Gasteiger partial charge in [0.15, 0.2) is 0 Å². The molecule has 3 rings (SSSR count). The summed E-state index contributed by atoms with van der Waals surface area (Å²) in [4.78, 5) is 8.75. The van der Waals surface area contributed by atoms with Crippen LogP contribution in [0.2, 0.25) is 0 Å². The number of nitrogens with two attached hydrogens (primary N) is 2. The average molecular weight is 440 g/mol. The van der Waals surface area contributed by atoms with Crippen LogP contribution in [0, 0.1) is 0 Å². The third-order valence-electron chi connectivity index (χ3n) is 3.73. The van der Waals surface area contributed by atoms with Gasteiger partial charge in [-0.1, -0.05) is 42.5 Å². The Balaban J connectivity index is 1.94. The van der Waals surface area contributed by atoms with Gasteiger partial charge in [0, 0.05) is 6.21 Å². The topological polar surface area (TPSA) is 76.8 Å². The van der Waals surface area contributed by atoms with Gasteiger partial charge in [0.05, 0.1) is 27.0 Å². The molecule has 0 bridgehead atoms. The quantitative estimate of drug-likeness (QED) is 0.325. The van der Waals surface area contributed by atoms with Crippen molar-refractivity contribution in [3.8, 4) is 11.1 Å². The smallest absolute Gasteiger partial charge is 0.0865 e. The maximum atomic E-state index is 6.08. The van der Waals surface area contributed by atoms with Crippen molar-refractivity contribution >= 4 is 55.8 Å². The van der Waals surface area contributed by atoms with Crippen LogP contribution in [0.5, 0.6) is 0 Å². The molecule has 0 saturated carbocycles. The molecule has 3 aromatic carbocycles. The third-order valence-corrected chi connectivity index (χ3v) is 4.01. The lowest BCUT2D eigenvalue weighted by Gasteiger charge is -2.08. The van der Waals surface area contributed by atoms with Gasteiger partial charge in [0.2, 0.25) is 0 Å². The minimum atomic E-state index is 0.634. The second-order valence-electron chi connectivity index (χ2n) is 5.44. The fourth-order valence-corrected chi connectivity index (χ4v) is 2.72. The lowest BCUT2D eigenvalue weighted by Crippen LogP contribution is -1.89. The number of aliphatic imine (C=N–C) groups is 2. The van der Waals surface area contributed by atoms with Crippen LogP contribution < -0.4 is 11.5 Å². The zero-order valence-corrected chi connectivity index (χ0v) is 15.6. The summed E-state index contributed by atoms with van der Waals surface area (Å²) in [5.41, 5.74) is 17.9. The van der Waals surface area contributed by atoms with E-state index in [0.717, 1.165) is 28.1 Å². The fraction of sp³-hybridized carbons (Fsp3) is 0. The first-order valence-corrected chi connectivity index (χ1v) is 8.93. The second kappa shape index (κ2) is 7.94. The van der Waals surface area contributed by atoms with Crippen LogP contribution in [0.3, 0.4) is 0 Å². The standard InChI is InChI=1S/C20H17IN4/c21-13-25-19-9-7-15(10-18(19)23)16-6-8-17(22)20(11-16)24-12-14-4-2-1-3-5-14/h1-13H,22-23H2/b24-12+,25-13+. The molecule has 0 saturated heterocycles. The van der Waals surface area contributed by atoms with Gasteiger partial charge in [-0.25, -0.2) is 4.99 Å². The van der Waals surface area contributed by atoms with Gasteiger partial charge < -0.3 is 11.5 Å². The maximum absolute atomic E-state index is 6.08. The van der Waals surface area contributed by atoms with Crippen LogP contribution in [0.15, 0.2) is 76.7 Å². The first-order chi connectivity index (χ1) is 12.2. The molecule has 124 valence electrons. The van der Waals surface area contributed by atoms with Crippen molar-refractivity contribution in [1.82, 2.24) is 0 Å². The van der Waals surface area contributed by atoms with E-state index in [1.165, 1.54) is 0 Å². The molecule has 25 heavy (non-hydrogen) atoms. The van der Waals surface area contributed by atoms with E-state index in [0.29, 0.717) is 11.4 Å². The van der Waals surface area contributed by atoms with Crippen LogP contribution in [-0.2, 0) is 0 Å². The molecular weight excluding hydrogens is 423 g/mol. The predicted molar refractivity (Wildman–Crippen MR) is 117 cm³/mol. The zero-order valence-electron chi connectivity index (χ0n) is 13.4. The summed E-state index contributed by atoms with van der Waals surface area (Å²) in [6.07, 6.45) is 1.81. The number of halogens is 1. The first kappa shape index (κ1) is 17.2. The predicted octanol–water partition coefficient (Wildman–Crippen LogP) is 5.36. The van der Waals surface area contributed by atoms with Gasteiger partial charge >= 0.3 is 0 Å². The summed E-state index contributed by atoms with van der Waals surface area (Å²) in [6, 6.07) is 21.5. The molecule has 0 fully saturated rings. The number of rotatable bonds is 4. The van der Waals surface area contributed by atoms with Gasteiger partial charge in [-0.15, -0.1) is 0 Å². The first-order valence-electron chi connectivity index (χ1n) is 7.68. The van der Waals surface area contributed by atoms with Gasteiger partial charge in [-0.05, 0) is 63.5 Å². The highest BCUT2D eigenvalue weighted by Gasteiger charge is 2.05. The highest BCUT2D eigenvalue weighted by molar-refractivity contribution is 14.1. The highest BCUT2D eigenvalue weighted by atomic mass is 127. The largest absolute Gasteiger partial charge is 0.397 e. The summed E-state index contributed by atoms with van der Waals surface area (Å²) in [5, 5.41) is 0. The van der Waals surface area contributed by atoms with Crippen molar-refractivity contribution in [2.75, 3.05) is 11.5 Å². The van der Waals surface area contributed by atoms with Crippen molar-refractivity contribution in [2.24, 2.45) is 9.98 Å². The third kappa shape index (κ3) is 4.24. The van der Waals surface area contributed by atoms with Crippen molar-refractivity contribution in [3.05, 3.63) is 72.3 Å². The van der Waals surface area contributed by atoms with Crippen molar-refractivity contribution in [3.63, 3.8) is 0 Å². The van der Waals surface area contributed by atoms with Crippen LogP contribution in [0.25, 0.3) is 11.1 Å². The number of hydrogen-bond donors (Lipinski definition) is 2. The van der Waals surface area contributed by atoms with E-state index < -0.39 is 0 Å². The Kier molecular flexibility index (Phi) is 5.45. The second-order valence-corrected chi connectivity index (χ2v) is 6.00. The molecule has 0 aliphatic heterocycles. The minimum absolute atomic E-state index is 0.634. The molecular formula is C20H17IN4. The molecule has 4 N–H and O–H groups in total. The van der Waals surface area contributed by atoms with Gasteiger partial charge in [-0.3, -0.25) is 4.99 Å². The molecule has 0 heterocycles. The van der Waals surface area contributed by atoms with Gasteiger partial charge in [0.1, 0.15) is 0 Å². The Bertz CT molecular complexity index is 934. The number of anilines is 2. The van der Waals surface area contributed by atoms with Gasteiger partial charge in [-0.2, -0.15) is 0 Å². The molecule has 0 aliphatic rings. The van der Waals surface area contributed by atoms with Crippen molar-refractivity contribution < 1.29 is 0 Å². The molecule has 0 unspecified atom stereocenters. The number of nitrogens with zero attached hydrogens (tertiary/aromatic N) is 2. The van der Waals surface area contributed by atoms with Crippen LogP contribution >= 0.6 is 22.6 Å². The Morgan fingerprint density at radius 1 is 0.720 bits per heavy atom. The van der Waals surface area contributed by atoms with E-state index in [9.17, 15) is 0 Å². The van der Waals surface area contributed by atoms with E-state index in [2.05, 4.69) is 32.6 Å². The fourth-order valence-electron chi connectivity index (χ4n) is 2.42. The molecule has 0 amide bonds. The molecule has 0 radical (unpaired) electrons. The molecule has 0 aliphatic carbocycles. The number of hydrogen-bond acceptors (Lipinski definition) is 4. The summed E-state index contributed by atoms with van der Waals surface area (Å²) in [5.74, 6) is 0. The van der Waals surface area contributed by atoms with Crippen LogP contribution in [0.1, 0.15) is 5.56 Å². The Hall–Kier alpha value is -2.67. The van der Waals surface area contributed by atoms with E-state index in [1.54, 1.807) is 4.22 Å². The summed E-state index contributed by atoms with van der Waals surface area (Å²) < 4.78 is 1.70. The monoisotopic (exact) mass is 440 g/mol. The molecule has 3 aromatic rings. The molecule has 4 nitrogen and oxygen atoms in total. The van der Waals surface area contributed by atoms with Crippen molar-refractivity contribution in [1.29, 1.82) is 0 Å². The normalized spacial score (nSPS) is 11.4. The SMILES string of the molecule is Nc1cc(-c2ccc(N)c(/N=C/c3ccccc3)c2)ccc1/N=C/I. The number of benzene rings is 3. The summed E-state index contributed by atoms with van der Waals surface area (Å²) >= 11 is 2.07. The average Bonchev–Trinajstić information content (AvgIpc) is 2.64. The molecule has 0 aromatic heterocycles. The van der Waals surface area contributed by atoms with E-state index in [4.69, 9.17) is 11.5 Å². The van der Waals surface area contributed by atoms with E-state index in [1.807, 2.05) is 72.9 Å². The lowest BCUT2D eigenvalue weighted by atomic mass is 10.0. The number of nitrogen functional groups attached to an aromatic ring is 2. The van der Waals surface area contributed by atoms with Crippen LogP contribution in [0.4, 0.5) is 22.7 Å². The Morgan fingerprint density at radius 2 is 1.44 bits per heavy atom. The lowest BCUT2D eigenvalue weighted by molar-refractivity contribution is 1.50. The summed E-state index contributed by atoms with van der Waals surface area (Å²) in [6.45, 7) is 0.